The third kappa shape index (κ3) is 4.36. The molecule has 0 spiro atoms. The number of hydrogen-bond acceptors (Lipinski definition) is 5. The molecule has 0 fully saturated rings. The maximum atomic E-state index is 12.2. The molecule has 0 saturated carbocycles. The summed E-state index contributed by atoms with van der Waals surface area (Å²) in [7, 11) is 0. The highest BCUT2D eigenvalue weighted by Gasteiger charge is 2.21. The molecule has 0 aliphatic carbocycles. The molecular formula is C20H19N5OS. The minimum absolute atomic E-state index is 0.137. The van der Waals surface area contributed by atoms with Gasteiger partial charge in [-0.2, -0.15) is 0 Å². The van der Waals surface area contributed by atoms with Crippen LogP contribution in [0.25, 0.3) is 17.1 Å². The molecule has 1 unspecified atom stereocenters. The third-order valence-corrected chi connectivity index (χ3v) is 4.92. The quantitative estimate of drug-likeness (QED) is 0.528. The molecule has 6 nitrogen and oxygen atoms in total. The van der Waals surface area contributed by atoms with Crippen LogP contribution >= 0.6 is 11.8 Å². The second-order valence-electron chi connectivity index (χ2n) is 5.90. The van der Waals surface area contributed by atoms with Crippen molar-refractivity contribution in [1.29, 1.82) is 0 Å². The van der Waals surface area contributed by atoms with E-state index < -0.39 is 0 Å². The molecular weight excluding hydrogens is 358 g/mol. The number of thioether (sulfide) groups is 1. The SMILES string of the molecule is C#CCNC(=O)C(C)Sc1nnc(-c2ccncc2)n1-c1ccc(C)cc1. The van der Waals surface area contributed by atoms with Gasteiger partial charge in [0.15, 0.2) is 11.0 Å². The first-order chi connectivity index (χ1) is 13.1. The van der Waals surface area contributed by atoms with Crippen LogP contribution in [-0.2, 0) is 4.79 Å². The number of pyridine rings is 1. The lowest BCUT2D eigenvalue weighted by molar-refractivity contribution is -0.120. The number of aryl methyl sites for hydroxylation is 1. The normalized spacial score (nSPS) is 11.6. The van der Waals surface area contributed by atoms with Crippen molar-refractivity contribution >= 4 is 17.7 Å². The van der Waals surface area contributed by atoms with Crippen LogP contribution in [0.3, 0.4) is 0 Å². The fraction of sp³-hybridized carbons (Fsp3) is 0.200. The topological polar surface area (TPSA) is 72.7 Å². The lowest BCUT2D eigenvalue weighted by Crippen LogP contribution is -2.31. The van der Waals surface area contributed by atoms with E-state index in [0.717, 1.165) is 16.8 Å². The molecule has 0 bridgehead atoms. The zero-order valence-electron chi connectivity index (χ0n) is 15.1. The molecule has 2 heterocycles. The Morgan fingerprint density at radius 1 is 1.22 bits per heavy atom. The van der Waals surface area contributed by atoms with E-state index in [1.54, 1.807) is 12.4 Å². The van der Waals surface area contributed by atoms with Crippen LogP contribution in [0.4, 0.5) is 0 Å². The number of nitrogens with one attached hydrogen (secondary N) is 1. The third-order valence-electron chi connectivity index (χ3n) is 3.88. The summed E-state index contributed by atoms with van der Waals surface area (Å²) >= 11 is 1.34. The molecule has 7 heteroatoms. The van der Waals surface area contributed by atoms with Crippen LogP contribution in [0.5, 0.6) is 0 Å². The van der Waals surface area contributed by atoms with Crippen molar-refractivity contribution in [3.05, 3.63) is 54.4 Å². The molecule has 1 amide bonds. The molecule has 1 aromatic carbocycles. The molecule has 1 N–H and O–H groups in total. The van der Waals surface area contributed by atoms with E-state index in [-0.39, 0.29) is 17.7 Å². The molecule has 0 aliphatic heterocycles. The van der Waals surface area contributed by atoms with Crippen LogP contribution in [0.1, 0.15) is 12.5 Å². The van der Waals surface area contributed by atoms with Crippen LogP contribution < -0.4 is 5.32 Å². The van der Waals surface area contributed by atoms with Crippen molar-refractivity contribution in [2.24, 2.45) is 0 Å². The van der Waals surface area contributed by atoms with Gasteiger partial charge in [0.1, 0.15) is 0 Å². The fourth-order valence-corrected chi connectivity index (χ4v) is 3.35. The van der Waals surface area contributed by atoms with Crippen LogP contribution in [0.15, 0.2) is 53.9 Å². The maximum absolute atomic E-state index is 12.2. The summed E-state index contributed by atoms with van der Waals surface area (Å²) in [6.45, 7) is 4.06. The van der Waals surface area contributed by atoms with Gasteiger partial charge in [-0.15, -0.1) is 16.6 Å². The second kappa shape index (κ2) is 8.52. The largest absolute Gasteiger partial charge is 0.344 e. The number of carbonyl (C=O) groups is 1. The number of amides is 1. The van der Waals surface area contributed by atoms with Gasteiger partial charge in [0.05, 0.1) is 11.8 Å². The van der Waals surface area contributed by atoms with Crippen molar-refractivity contribution in [1.82, 2.24) is 25.1 Å². The Morgan fingerprint density at radius 3 is 2.59 bits per heavy atom. The van der Waals surface area contributed by atoms with Gasteiger partial charge in [0.2, 0.25) is 5.91 Å². The maximum Gasteiger partial charge on any atom is 0.234 e. The average molecular weight is 377 g/mol. The van der Waals surface area contributed by atoms with E-state index in [4.69, 9.17) is 6.42 Å². The fourth-order valence-electron chi connectivity index (χ4n) is 2.45. The first-order valence-corrected chi connectivity index (χ1v) is 9.29. The van der Waals surface area contributed by atoms with E-state index in [1.165, 1.54) is 11.8 Å². The number of aromatic nitrogens is 4. The summed E-state index contributed by atoms with van der Waals surface area (Å²) < 4.78 is 1.95. The van der Waals surface area contributed by atoms with Gasteiger partial charge in [-0.1, -0.05) is 35.4 Å². The summed E-state index contributed by atoms with van der Waals surface area (Å²) in [5, 5.41) is 11.7. The molecule has 3 rings (SSSR count). The van der Waals surface area contributed by atoms with Crippen molar-refractivity contribution in [3.8, 4) is 29.4 Å². The van der Waals surface area contributed by atoms with Crippen LogP contribution in [-0.4, -0.2) is 37.5 Å². The number of hydrogen-bond donors (Lipinski definition) is 1. The van der Waals surface area contributed by atoms with Gasteiger partial charge in [-0.25, -0.2) is 0 Å². The summed E-state index contributed by atoms with van der Waals surface area (Å²) in [6.07, 6.45) is 8.64. The molecule has 27 heavy (non-hydrogen) atoms. The van der Waals surface area contributed by atoms with Gasteiger partial charge < -0.3 is 5.32 Å². The highest BCUT2D eigenvalue weighted by Crippen LogP contribution is 2.30. The average Bonchev–Trinajstić information content (AvgIpc) is 3.10. The molecule has 0 radical (unpaired) electrons. The summed E-state index contributed by atoms with van der Waals surface area (Å²) in [5.74, 6) is 2.96. The Balaban J connectivity index is 1.99. The molecule has 3 aromatic rings. The number of nitrogens with zero attached hydrogens (tertiary/aromatic N) is 4. The van der Waals surface area contributed by atoms with Gasteiger partial charge >= 0.3 is 0 Å². The number of carbonyl (C=O) groups excluding carboxylic acids is 1. The molecule has 136 valence electrons. The lowest BCUT2D eigenvalue weighted by Gasteiger charge is -2.13. The Labute approximate surface area is 162 Å². The number of benzene rings is 1. The van der Waals surface area contributed by atoms with E-state index in [1.807, 2.05) is 54.8 Å². The molecule has 0 saturated heterocycles. The van der Waals surface area contributed by atoms with E-state index in [2.05, 4.69) is 26.4 Å². The smallest absolute Gasteiger partial charge is 0.234 e. The highest BCUT2D eigenvalue weighted by molar-refractivity contribution is 8.00. The first-order valence-electron chi connectivity index (χ1n) is 8.41. The Morgan fingerprint density at radius 2 is 1.93 bits per heavy atom. The predicted octanol–water partition coefficient (Wildman–Crippen LogP) is 2.87. The van der Waals surface area contributed by atoms with E-state index in [9.17, 15) is 4.79 Å². The summed E-state index contributed by atoms with van der Waals surface area (Å²) in [4.78, 5) is 16.2. The zero-order valence-corrected chi connectivity index (χ0v) is 15.9. The standard InChI is InChI=1S/C20H19N5OS/c1-4-11-22-19(26)15(3)27-20-24-23-18(16-9-12-21-13-10-16)25(20)17-7-5-14(2)6-8-17/h1,5-10,12-13,15H,11H2,2-3H3,(H,22,26). The minimum Gasteiger partial charge on any atom is -0.344 e. The monoisotopic (exact) mass is 377 g/mol. The van der Waals surface area contributed by atoms with E-state index >= 15 is 0 Å². The zero-order chi connectivity index (χ0) is 19.2. The molecule has 1 atom stereocenters. The summed E-state index contributed by atoms with van der Waals surface area (Å²) in [5.41, 5.74) is 2.99. The van der Waals surface area contributed by atoms with Crippen molar-refractivity contribution in [2.75, 3.05) is 6.54 Å². The van der Waals surface area contributed by atoms with Gasteiger partial charge in [-0.3, -0.25) is 14.3 Å². The summed E-state index contributed by atoms with van der Waals surface area (Å²) in [6, 6.07) is 11.8. The highest BCUT2D eigenvalue weighted by atomic mass is 32.2. The Hall–Kier alpha value is -3.11. The lowest BCUT2D eigenvalue weighted by atomic mass is 10.2. The van der Waals surface area contributed by atoms with Crippen molar-refractivity contribution < 1.29 is 4.79 Å². The van der Waals surface area contributed by atoms with Gasteiger partial charge in [0.25, 0.3) is 0 Å². The van der Waals surface area contributed by atoms with Crippen LogP contribution in [0, 0.1) is 19.3 Å². The Bertz CT molecular complexity index is 960. The Kier molecular flexibility index (Phi) is 5.89. The number of terminal acetylenes is 1. The molecule has 0 aliphatic rings. The minimum atomic E-state index is -0.364. The van der Waals surface area contributed by atoms with Crippen LogP contribution in [0.2, 0.25) is 0 Å². The van der Waals surface area contributed by atoms with E-state index in [0.29, 0.717) is 11.0 Å². The molecule has 2 aromatic heterocycles. The predicted molar refractivity (Wildman–Crippen MR) is 106 cm³/mol. The van der Waals surface area contributed by atoms with Crippen molar-refractivity contribution in [2.45, 2.75) is 24.3 Å². The number of rotatable bonds is 6. The second-order valence-corrected chi connectivity index (χ2v) is 7.20. The van der Waals surface area contributed by atoms with Gasteiger partial charge in [0, 0.05) is 23.6 Å². The van der Waals surface area contributed by atoms with Crippen molar-refractivity contribution in [3.63, 3.8) is 0 Å². The first kappa shape index (κ1) is 18.7. The van der Waals surface area contributed by atoms with Gasteiger partial charge in [-0.05, 0) is 38.1 Å².